The van der Waals surface area contributed by atoms with Gasteiger partial charge in [-0.2, -0.15) is 0 Å². The number of nitrogens with one attached hydrogen (secondary N) is 2. The van der Waals surface area contributed by atoms with E-state index < -0.39 is 49.0 Å². The highest BCUT2D eigenvalue weighted by atomic mass is 19.1. The molecule has 12 nitrogen and oxygen atoms in total. The number of hydrogen-bond donors (Lipinski definition) is 2. The van der Waals surface area contributed by atoms with Crippen LogP contribution in [0.3, 0.4) is 0 Å². The van der Waals surface area contributed by atoms with Crippen molar-refractivity contribution in [3.8, 4) is 0 Å². The molecular weight excluding hydrogens is 1230 g/mol. The van der Waals surface area contributed by atoms with E-state index >= 15 is 0 Å². The highest BCUT2D eigenvalue weighted by Gasteiger charge is 2.50. The minimum Gasteiger partial charge on any atom is -0.374 e. The lowest BCUT2D eigenvalue weighted by Gasteiger charge is -2.46. The minimum atomic E-state index is -1.04. The Morgan fingerprint density at radius 1 is 0.429 bits per heavy atom. The number of hydrogen-bond acceptors (Lipinski definition) is 10. The molecule has 0 spiro atoms. The fraction of sp³-hybridized carbons (Fsp3) is 0.482. The standard InChI is InChI=1S/C85H111FN2O10/c1-2-3-4-5-6-7-8-9-11-14-17-38-53-77(92-61-69-43-28-21-29-44-69)80(93-62-70-45-30-22-31-46-70)76(88-79(89)54-39-18-15-12-10-13-16-19-40-59-87-84(90)74-55-57-75(86)58-56-74)66-97-85-83(96-65-73-51-36-25-37-52-73)82(95-64-72-49-34-24-35-50-72)81(94-63-71-47-32-23-33-48-71)78(98-85)67-91-60-68-41-26-20-27-42-68/h20-37,41-52,55-58,76-78,80-83,85H,2-19,38-40,53-54,59-67H2,1H3,(H,87,90)(H,88,89)/t76-,77+,78+,80-,81-,82-,83+,85-/m0/s1. The molecule has 1 fully saturated rings. The van der Waals surface area contributed by atoms with Crippen LogP contribution in [0.1, 0.15) is 198 Å². The van der Waals surface area contributed by atoms with Crippen LogP contribution in [-0.4, -0.2) is 80.5 Å². The largest absolute Gasteiger partial charge is 0.374 e. The molecule has 0 unspecified atom stereocenters. The maximum absolute atomic E-state index is 14.9. The number of halogens is 1. The Bertz CT molecular complexity index is 3140. The molecule has 2 N–H and O–H groups in total. The van der Waals surface area contributed by atoms with Gasteiger partial charge in [-0.3, -0.25) is 9.59 Å². The summed E-state index contributed by atoms with van der Waals surface area (Å²) in [5.74, 6) is -0.622. The molecule has 7 aromatic carbocycles. The lowest BCUT2D eigenvalue weighted by atomic mass is 9.97. The third-order valence-electron chi connectivity index (χ3n) is 18.3. The summed E-state index contributed by atoms with van der Waals surface area (Å²) in [6.45, 7) is 4.81. The molecule has 528 valence electrons. The summed E-state index contributed by atoms with van der Waals surface area (Å²) in [7, 11) is 0. The van der Waals surface area contributed by atoms with Crippen molar-refractivity contribution in [3.05, 3.63) is 251 Å². The highest BCUT2D eigenvalue weighted by molar-refractivity contribution is 5.94. The Hall–Kier alpha value is -6.91. The summed E-state index contributed by atoms with van der Waals surface area (Å²) in [5, 5.41) is 6.48. The van der Waals surface area contributed by atoms with Crippen molar-refractivity contribution in [2.45, 2.75) is 243 Å². The van der Waals surface area contributed by atoms with Gasteiger partial charge in [-0.15, -0.1) is 0 Å². The quantitative estimate of drug-likeness (QED) is 0.0355. The van der Waals surface area contributed by atoms with Crippen LogP contribution in [0, 0.1) is 5.82 Å². The number of carbonyl (C=O) groups is 2. The average molecular weight is 1340 g/mol. The maximum atomic E-state index is 14.9. The van der Waals surface area contributed by atoms with Crippen LogP contribution in [0.4, 0.5) is 4.39 Å². The fourth-order valence-corrected chi connectivity index (χ4v) is 12.7. The lowest BCUT2D eigenvalue weighted by molar-refractivity contribution is -0.330. The topological polar surface area (TPSA) is 132 Å². The summed E-state index contributed by atoms with van der Waals surface area (Å²) >= 11 is 0. The molecule has 1 aliphatic rings. The van der Waals surface area contributed by atoms with E-state index in [-0.39, 0.29) is 57.3 Å². The first-order chi connectivity index (χ1) is 48.4. The molecule has 8 atom stereocenters. The van der Waals surface area contributed by atoms with Gasteiger partial charge >= 0.3 is 0 Å². The van der Waals surface area contributed by atoms with E-state index in [1.54, 1.807) is 0 Å². The van der Waals surface area contributed by atoms with Crippen molar-refractivity contribution in [3.63, 3.8) is 0 Å². The number of amides is 2. The number of carbonyl (C=O) groups excluding carboxylic acids is 2. The van der Waals surface area contributed by atoms with Gasteiger partial charge in [-0.25, -0.2) is 4.39 Å². The molecule has 0 aromatic heterocycles. The van der Waals surface area contributed by atoms with Crippen molar-refractivity contribution in [2.75, 3.05) is 19.8 Å². The van der Waals surface area contributed by atoms with Crippen molar-refractivity contribution in [1.29, 1.82) is 0 Å². The Morgan fingerprint density at radius 3 is 1.33 bits per heavy atom. The molecular formula is C85H111FN2O10. The number of benzene rings is 7. The summed E-state index contributed by atoms with van der Waals surface area (Å²) in [4.78, 5) is 27.3. The van der Waals surface area contributed by atoms with Gasteiger partial charge in [0.1, 0.15) is 36.3 Å². The molecule has 2 amide bonds. The Morgan fingerprint density at radius 2 is 0.837 bits per heavy atom. The summed E-state index contributed by atoms with van der Waals surface area (Å²) in [5.41, 5.74) is 6.51. The molecule has 8 rings (SSSR count). The van der Waals surface area contributed by atoms with Crippen LogP contribution in [0.2, 0.25) is 0 Å². The van der Waals surface area contributed by atoms with Gasteiger partial charge in [-0.05, 0) is 76.9 Å². The summed E-state index contributed by atoms with van der Waals surface area (Å²) in [6.07, 6.45) is 19.7. The molecule has 1 saturated heterocycles. The highest BCUT2D eigenvalue weighted by Crippen LogP contribution is 2.33. The fourth-order valence-electron chi connectivity index (χ4n) is 12.7. The molecule has 1 heterocycles. The van der Waals surface area contributed by atoms with Crippen LogP contribution in [0.5, 0.6) is 0 Å². The zero-order valence-corrected chi connectivity index (χ0v) is 58.3. The molecule has 0 saturated carbocycles. The van der Waals surface area contributed by atoms with Gasteiger partial charge in [0.05, 0.1) is 65.0 Å². The predicted octanol–water partition coefficient (Wildman–Crippen LogP) is 18.9. The maximum Gasteiger partial charge on any atom is 0.251 e. The monoisotopic (exact) mass is 1340 g/mol. The van der Waals surface area contributed by atoms with E-state index in [0.29, 0.717) is 38.2 Å². The molecule has 98 heavy (non-hydrogen) atoms. The number of unbranched alkanes of at least 4 members (excludes halogenated alkanes) is 19. The van der Waals surface area contributed by atoms with Crippen LogP contribution in [-0.2, 0) is 82.3 Å². The zero-order valence-electron chi connectivity index (χ0n) is 58.3. The van der Waals surface area contributed by atoms with E-state index in [2.05, 4.69) is 66.1 Å². The zero-order chi connectivity index (χ0) is 68.1. The van der Waals surface area contributed by atoms with Gasteiger partial charge in [0.2, 0.25) is 5.91 Å². The molecule has 1 aliphatic heterocycles. The first-order valence-corrected chi connectivity index (χ1v) is 36.9. The van der Waals surface area contributed by atoms with E-state index in [1.807, 2.05) is 133 Å². The summed E-state index contributed by atoms with van der Waals surface area (Å²) in [6, 6.07) is 65.9. The molecule has 0 aliphatic carbocycles. The second-order valence-electron chi connectivity index (χ2n) is 26.3. The van der Waals surface area contributed by atoms with Crippen LogP contribution < -0.4 is 10.6 Å². The third kappa shape index (κ3) is 29.9. The summed E-state index contributed by atoms with van der Waals surface area (Å²) < 4.78 is 70.2. The molecule has 7 aromatic rings. The molecule has 13 heteroatoms. The van der Waals surface area contributed by atoms with Gasteiger partial charge in [0.15, 0.2) is 6.29 Å². The van der Waals surface area contributed by atoms with Crippen LogP contribution in [0.15, 0.2) is 206 Å². The number of rotatable bonds is 51. The van der Waals surface area contributed by atoms with Crippen LogP contribution >= 0.6 is 0 Å². The van der Waals surface area contributed by atoms with E-state index in [1.165, 1.54) is 82.1 Å². The minimum absolute atomic E-state index is 0.0101. The van der Waals surface area contributed by atoms with E-state index in [9.17, 15) is 14.0 Å². The average Bonchev–Trinajstić information content (AvgIpc) is 0.881. The lowest BCUT2D eigenvalue weighted by Crippen LogP contribution is -2.62. The SMILES string of the molecule is CCCCCCCCCCCCCC[C@@H](OCc1ccccc1)[C@@H](OCc1ccccc1)[C@H](CO[C@H]1O[C@H](COCc2ccccc2)[C@H](OCc2ccccc2)[C@H](OCc2ccccc2)[C@H]1OCc1ccccc1)NC(=O)CCCCCCCCCCCNC(=O)c1ccc(F)cc1. The second kappa shape index (κ2) is 47.2. The van der Waals surface area contributed by atoms with E-state index in [4.69, 9.17) is 37.9 Å². The first-order valence-electron chi connectivity index (χ1n) is 36.9. The van der Waals surface area contributed by atoms with Crippen molar-refractivity contribution in [2.24, 2.45) is 0 Å². The van der Waals surface area contributed by atoms with Gasteiger partial charge in [0.25, 0.3) is 5.91 Å². The van der Waals surface area contributed by atoms with Gasteiger partial charge in [-0.1, -0.05) is 311 Å². The Balaban J connectivity index is 1.04. The van der Waals surface area contributed by atoms with Crippen LogP contribution in [0.25, 0.3) is 0 Å². The molecule has 0 radical (unpaired) electrons. The van der Waals surface area contributed by atoms with Gasteiger partial charge < -0.3 is 48.5 Å². The van der Waals surface area contributed by atoms with E-state index in [0.717, 1.165) is 110 Å². The second-order valence-corrected chi connectivity index (χ2v) is 26.3. The molecule has 0 bridgehead atoms. The normalized spacial score (nSPS) is 17.1. The first kappa shape index (κ1) is 76.8. The predicted molar refractivity (Wildman–Crippen MR) is 388 cm³/mol. The smallest absolute Gasteiger partial charge is 0.251 e. The Labute approximate surface area is 585 Å². The van der Waals surface area contributed by atoms with Crippen molar-refractivity contribution < 1.29 is 51.9 Å². The Kier molecular flexibility index (Phi) is 37.0. The third-order valence-corrected chi connectivity index (χ3v) is 18.3. The number of ether oxygens (including phenoxy) is 8. The van der Waals surface area contributed by atoms with Gasteiger partial charge in [0, 0.05) is 18.5 Å². The van der Waals surface area contributed by atoms with Crippen molar-refractivity contribution >= 4 is 11.8 Å². The van der Waals surface area contributed by atoms with Crippen molar-refractivity contribution in [1.82, 2.24) is 10.6 Å².